The molecule has 0 aromatic carbocycles. The van der Waals surface area contributed by atoms with Crippen molar-refractivity contribution >= 4 is 29.1 Å². The maximum Gasteiger partial charge on any atom is 0.271 e. The van der Waals surface area contributed by atoms with E-state index in [0.717, 1.165) is 0 Å². The number of rotatable bonds is 2. The van der Waals surface area contributed by atoms with Crippen LogP contribution in [0.25, 0.3) is 0 Å². The SMILES string of the molecule is CC1(C)C(O)CC1NC(=O)c1nc(Cl)ccc1Cl. The van der Waals surface area contributed by atoms with Gasteiger partial charge < -0.3 is 10.4 Å². The minimum absolute atomic E-state index is 0.0863. The Balaban J connectivity index is 2.12. The quantitative estimate of drug-likeness (QED) is 0.821. The summed E-state index contributed by atoms with van der Waals surface area (Å²) in [5, 5.41) is 12.9. The van der Waals surface area contributed by atoms with E-state index in [9.17, 15) is 9.90 Å². The number of halogens is 2. The Bertz CT molecular complexity index is 491. The van der Waals surface area contributed by atoms with E-state index >= 15 is 0 Å². The molecule has 2 rings (SSSR count). The van der Waals surface area contributed by atoms with Crippen LogP contribution in [0.4, 0.5) is 0 Å². The van der Waals surface area contributed by atoms with Crippen LogP contribution in [0, 0.1) is 5.41 Å². The van der Waals surface area contributed by atoms with Crippen LogP contribution in [0.3, 0.4) is 0 Å². The normalized spacial score (nSPS) is 25.4. The molecule has 2 N–H and O–H groups in total. The van der Waals surface area contributed by atoms with E-state index in [1.807, 2.05) is 13.8 Å². The van der Waals surface area contributed by atoms with Crippen LogP contribution in [0.2, 0.25) is 10.2 Å². The zero-order valence-electron chi connectivity index (χ0n) is 10.1. The summed E-state index contributed by atoms with van der Waals surface area (Å²) >= 11 is 11.6. The van der Waals surface area contributed by atoms with Gasteiger partial charge in [-0.15, -0.1) is 0 Å². The third-order valence-electron chi connectivity index (χ3n) is 3.55. The number of aliphatic hydroxyl groups excluding tert-OH is 1. The summed E-state index contributed by atoms with van der Waals surface area (Å²) in [4.78, 5) is 15.9. The first-order chi connectivity index (χ1) is 8.32. The highest BCUT2D eigenvalue weighted by Gasteiger charge is 2.48. The highest BCUT2D eigenvalue weighted by Crippen LogP contribution is 2.40. The number of nitrogens with one attached hydrogen (secondary N) is 1. The van der Waals surface area contributed by atoms with Crippen molar-refractivity contribution < 1.29 is 9.90 Å². The lowest BCUT2D eigenvalue weighted by molar-refractivity contribution is -0.0690. The molecule has 18 heavy (non-hydrogen) atoms. The molecule has 0 aliphatic heterocycles. The summed E-state index contributed by atoms with van der Waals surface area (Å²) in [6.07, 6.45) is 0.141. The zero-order chi connectivity index (χ0) is 13.5. The van der Waals surface area contributed by atoms with Gasteiger partial charge in [-0.2, -0.15) is 0 Å². The maximum absolute atomic E-state index is 12.0. The third kappa shape index (κ3) is 2.32. The van der Waals surface area contributed by atoms with E-state index in [1.165, 1.54) is 12.1 Å². The maximum atomic E-state index is 12.0. The second-order valence-electron chi connectivity index (χ2n) is 5.06. The monoisotopic (exact) mass is 288 g/mol. The first-order valence-electron chi connectivity index (χ1n) is 5.63. The molecule has 0 bridgehead atoms. The molecule has 4 nitrogen and oxygen atoms in total. The van der Waals surface area contributed by atoms with Crippen LogP contribution in [0.5, 0.6) is 0 Å². The van der Waals surface area contributed by atoms with Crippen molar-refractivity contribution in [1.29, 1.82) is 0 Å². The Morgan fingerprint density at radius 2 is 2.17 bits per heavy atom. The average Bonchev–Trinajstić information content (AvgIpc) is 2.31. The van der Waals surface area contributed by atoms with Gasteiger partial charge in [-0.3, -0.25) is 4.79 Å². The van der Waals surface area contributed by atoms with Crippen molar-refractivity contribution in [3.63, 3.8) is 0 Å². The van der Waals surface area contributed by atoms with Crippen molar-refractivity contribution in [3.8, 4) is 0 Å². The summed E-state index contributed by atoms with van der Waals surface area (Å²) in [5.74, 6) is -0.368. The molecule has 6 heteroatoms. The van der Waals surface area contributed by atoms with Crippen LogP contribution in [-0.2, 0) is 0 Å². The predicted octanol–water partition coefficient (Wildman–Crippen LogP) is 2.28. The van der Waals surface area contributed by atoms with Crippen LogP contribution < -0.4 is 5.32 Å². The van der Waals surface area contributed by atoms with Crippen molar-refractivity contribution in [3.05, 3.63) is 28.0 Å². The fraction of sp³-hybridized carbons (Fsp3) is 0.500. The Morgan fingerprint density at radius 1 is 1.50 bits per heavy atom. The molecule has 1 aromatic rings. The summed E-state index contributed by atoms with van der Waals surface area (Å²) in [7, 11) is 0. The number of carbonyl (C=O) groups excluding carboxylic acids is 1. The van der Waals surface area contributed by atoms with Gasteiger partial charge in [0.05, 0.1) is 11.1 Å². The molecule has 2 unspecified atom stereocenters. The number of pyridine rings is 1. The minimum Gasteiger partial charge on any atom is -0.392 e. The van der Waals surface area contributed by atoms with Crippen molar-refractivity contribution in [2.24, 2.45) is 5.41 Å². The third-order valence-corrected chi connectivity index (χ3v) is 4.06. The molecule has 1 aromatic heterocycles. The van der Waals surface area contributed by atoms with E-state index in [1.54, 1.807) is 0 Å². The van der Waals surface area contributed by atoms with Gasteiger partial charge in [-0.25, -0.2) is 4.98 Å². The Hall–Kier alpha value is -0.840. The smallest absolute Gasteiger partial charge is 0.271 e. The zero-order valence-corrected chi connectivity index (χ0v) is 11.6. The number of amides is 1. The Kier molecular flexibility index (Phi) is 3.54. The number of hydrogen-bond donors (Lipinski definition) is 2. The number of aliphatic hydroxyl groups is 1. The summed E-state index contributed by atoms with van der Waals surface area (Å²) in [5.41, 5.74) is -0.220. The molecule has 1 amide bonds. The standard InChI is InChI=1S/C12H14Cl2N2O2/c1-12(2)7(5-8(12)17)15-11(18)10-6(13)3-4-9(14)16-10/h3-4,7-8,17H,5H2,1-2H3,(H,15,18). The van der Waals surface area contributed by atoms with Gasteiger partial charge >= 0.3 is 0 Å². The number of carbonyl (C=O) groups is 1. The molecule has 1 aliphatic carbocycles. The molecule has 1 heterocycles. The topological polar surface area (TPSA) is 62.2 Å². The molecular formula is C12H14Cl2N2O2. The number of aromatic nitrogens is 1. The van der Waals surface area contributed by atoms with Gasteiger partial charge in [-0.05, 0) is 18.6 Å². The first-order valence-corrected chi connectivity index (χ1v) is 6.39. The molecule has 1 aliphatic rings. The number of hydrogen-bond acceptors (Lipinski definition) is 3. The second kappa shape index (κ2) is 4.68. The first kappa shape index (κ1) is 13.6. The Labute approximate surface area is 115 Å². The molecule has 0 saturated heterocycles. The second-order valence-corrected chi connectivity index (χ2v) is 5.86. The lowest BCUT2D eigenvalue weighted by Crippen LogP contribution is -2.61. The molecule has 2 atom stereocenters. The van der Waals surface area contributed by atoms with Gasteiger partial charge in [0.25, 0.3) is 5.91 Å². The lowest BCUT2D eigenvalue weighted by Gasteiger charge is -2.49. The molecule has 1 fully saturated rings. The fourth-order valence-electron chi connectivity index (χ4n) is 1.95. The van der Waals surface area contributed by atoms with E-state index < -0.39 is 6.10 Å². The largest absolute Gasteiger partial charge is 0.392 e. The van der Waals surface area contributed by atoms with Crippen LogP contribution in [0.1, 0.15) is 30.8 Å². The van der Waals surface area contributed by atoms with E-state index in [0.29, 0.717) is 6.42 Å². The summed E-state index contributed by atoms with van der Waals surface area (Å²) in [6, 6.07) is 2.97. The van der Waals surface area contributed by atoms with Crippen LogP contribution in [0.15, 0.2) is 12.1 Å². The molecule has 98 valence electrons. The average molecular weight is 289 g/mol. The number of nitrogens with zero attached hydrogens (tertiary/aromatic N) is 1. The van der Waals surface area contributed by atoms with Gasteiger partial charge in [0, 0.05) is 11.5 Å². The van der Waals surface area contributed by atoms with E-state index in [-0.39, 0.29) is 33.2 Å². The molecule has 1 saturated carbocycles. The summed E-state index contributed by atoms with van der Waals surface area (Å²) in [6.45, 7) is 3.80. The van der Waals surface area contributed by atoms with Gasteiger partial charge in [-0.1, -0.05) is 37.0 Å². The van der Waals surface area contributed by atoms with Gasteiger partial charge in [0.15, 0.2) is 0 Å². The van der Waals surface area contributed by atoms with Crippen LogP contribution >= 0.6 is 23.2 Å². The predicted molar refractivity (Wildman–Crippen MR) is 69.9 cm³/mol. The van der Waals surface area contributed by atoms with E-state index in [2.05, 4.69) is 10.3 Å². The van der Waals surface area contributed by atoms with Gasteiger partial charge in [0.1, 0.15) is 10.8 Å². The minimum atomic E-state index is -0.398. The van der Waals surface area contributed by atoms with Crippen molar-refractivity contribution in [2.45, 2.75) is 32.4 Å². The lowest BCUT2D eigenvalue weighted by atomic mass is 9.64. The fourth-order valence-corrected chi connectivity index (χ4v) is 2.29. The molecular weight excluding hydrogens is 275 g/mol. The van der Waals surface area contributed by atoms with E-state index in [4.69, 9.17) is 23.2 Å². The van der Waals surface area contributed by atoms with Crippen molar-refractivity contribution in [2.75, 3.05) is 0 Å². The molecule has 0 radical (unpaired) electrons. The summed E-state index contributed by atoms with van der Waals surface area (Å²) < 4.78 is 0. The Morgan fingerprint density at radius 3 is 2.72 bits per heavy atom. The van der Waals surface area contributed by atoms with Gasteiger partial charge in [0.2, 0.25) is 0 Å². The van der Waals surface area contributed by atoms with Crippen molar-refractivity contribution in [1.82, 2.24) is 10.3 Å². The highest BCUT2D eigenvalue weighted by atomic mass is 35.5. The highest BCUT2D eigenvalue weighted by molar-refractivity contribution is 6.34. The van der Waals surface area contributed by atoms with Crippen LogP contribution in [-0.4, -0.2) is 28.1 Å². The molecule has 0 spiro atoms.